The van der Waals surface area contributed by atoms with E-state index in [2.05, 4.69) is 4.98 Å². The second-order valence-electron chi connectivity index (χ2n) is 1.77. The van der Waals surface area contributed by atoms with Crippen molar-refractivity contribution in [1.82, 2.24) is 4.98 Å². The molecule has 0 saturated carbocycles. The Morgan fingerprint density at radius 1 is 1.70 bits per heavy atom. The van der Waals surface area contributed by atoms with Gasteiger partial charge in [0.15, 0.2) is 11.4 Å². The van der Waals surface area contributed by atoms with Gasteiger partial charge in [-0.15, -0.1) is 0 Å². The van der Waals surface area contributed by atoms with Crippen LogP contribution < -0.4 is 5.73 Å². The van der Waals surface area contributed by atoms with E-state index in [9.17, 15) is 4.79 Å². The maximum absolute atomic E-state index is 10.2. The Bertz CT molecular complexity index is 266. The molecule has 5 N–H and O–H groups in total. The molecule has 0 atom stereocenters. The summed E-state index contributed by atoms with van der Waals surface area (Å²) >= 11 is 0. The topological polar surface area (TPSA) is 99.3 Å². The summed E-state index contributed by atoms with van der Waals surface area (Å²) in [5.41, 5.74) is 4.89. The molecule has 1 rings (SSSR count). The Morgan fingerprint density at radius 2 is 2.30 bits per heavy atom. The van der Waals surface area contributed by atoms with E-state index < -0.39 is 11.7 Å². The third kappa shape index (κ3) is 0.771. The number of hydrogen-bond donors (Lipinski definition) is 4. The monoisotopic (exact) mass is 142 g/mol. The smallest absolute Gasteiger partial charge is 0.356 e. The Kier molecular flexibility index (Phi) is 1.26. The molecule has 0 aliphatic rings. The van der Waals surface area contributed by atoms with Crippen molar-refractivity contribution < 1.29 is 15.0 Å². The van der Waals surface area contributed by atoms with Gasteiger partial charge in [0.05, 0.1) is 5.69 Å². The molecule has 54 valence electrons. The lowest BCUT2D eigenvalue weighted by Crippen LogP contribution is -1.96. The predicted octanol–water partition coefficient (Wildman–Crippen LogP) is 0.000700. The van der Waals surface area contributed by atoms with Crippen LogP contribution in [0.4, 0.5) is 5.69 Å². The quantitative estimate of drug-likeness (QED) is 0.443. The van der Waals surface area contributed by atoms with Crippen LogP contribution in [0, 0.1) is 0 Å². The highest BCUT2D eigenvalue weighted by atomic mass is 16.4. The van der Waals surface area contributed by atoms with Crippen LogP contribution in [0.3, 0.4) is 0 Å². The van der Waals surface area contributed by atoms with Gasteiger partial charge in [0.1, 0.15) is 0 Å². The number of anilines is 1. The van der Waals surface area contributed by atoms with E-state index in [0.717, 1.165) is 0 Å². The zero-order valence-corrected chi connectivity index (χ0v) is 4.96. The van der Waals surface area contributed by atoms with Crippen molar-refractivity contribution >= 4 is 11.7 Å². The first-order valence-corrected chi connectivity index (χ1v) is 2.52. The molecule has 0 saturated heterocycles. The maximum atomic E-state index is 10.2. The average Bonchev–Trinajstić information content (AvgIpc) is 2.14. The van der Waals surface area contributed by atoms with Gasteiger partial charge < -0.3 is 20.9 Å². The number of aromatic hydroxyl groups is 1. The number of nitrogens with one attached hydrogen (secondary N) is 1. The molecule has 10 heavy (non-hydrogen) atoms. The second kappa shape index (κ2) is 1.94. The molecule has 5 heteroatoms. The molecule has 0 aliphatic carbocycles. The van der Waals surface area contributed by atoms with Crippen LogP contribution >= 0.6 is 0 Å². The molecular formula is C5H6N2O3. The van der Waals surface area contributed by atoms with Gasteiger partial charge in [-0.05, 0) is 0 Å². The molecule has 1 heterocycles. The van der Waals surface area contributed by atoms with Crippen molar-refractivity contribution in [2.45, 2.75) is 0 Å². The lowest BCUT2D eigenvalue weighted by molar-refractivity contribution is 0.0688. The molecule has 0 amide bonds. The normalized spacial score (nSPS) is 9.60. The van der Waals surface area contributed by atoms with E-state index in [1.165, 1.54) is 6.20 Å². The first kappa shape index (κ1) is 6.47. The van der Waals surface area contributed by atoms with E-state index in [-0.39, 0.29) is 11.4 Å². The fourth-order valence-corrected chi connectivity index (χ4v) is 0.594. The standard InChI is InChI=1S/C5H6N2O3/c6-2-1-7-3(4(2)8)5(9)10/h1,7-8H,6H2,(H,9,10). The van der Waals surface area contributed by atoms with Crippen LogP contribution in [0.5, 0.6) is 5.75 Å². The number of aromatic amines is 1. The zero-order valence-electron chi connectivity index (χ0n) is 4.96. The minimum Gasteiger partial charge on any atom is -0.504 e. The number of H-pyrrole nitrogens is 1. The van der Waals surface area contributed by atoms with Crippen molar-refractivity contribution in [3.8, 4) is 5.75 Å². The number of carboxylic acid groups (broad SMARTS) is 1. The molecule has 0 bridgehead atoms. The van der Waals surface area contributed by atoms with Crippen LogP contribution in [0.25, 0.3) is 0 Å². The molecule has 0 unspecified atom stereocenters. The summed E-state index contributed by atoms with van der Waals surface area (Å²) in [4.78, 5) is 12.5. The molecular weight excluding hydrogens is 136 g/mol. The SMILES string of the molecule is Nc1c[nH]c(C(=O)O)c1O. The number of nitrogen functional groups attached to an aromatic ring is 1. The molecule has 5 nitrogen and oxygen atoms in total. The summed E-state index contributed by atoms with van der Waals surface area (Å²) in [6.45, 7) is 0. The van der Waals surface area contributed by atoms with Crippen molar-refractivity contribution in [2.75, 3.05) is 5.73 Å². The highest BCUT2D eigenvalue weighted by Crippen LogP contribution is 2.23. The summed E-state index contributed by atoms with van der Waals surface area (Å²) in [5.74, 6) is -1.64. The zero-order chi connectivity index (χ0) is 7.72. The number of rotatable bonds is 1. The van der Waals surface area contributed by atoms with Crippen LogP contribution in [-0.4, -0.2) is 21.2 Å². The van der Waals surface area contributed by atoms with Gasteiger partial charge in [0, 0.05) is 6.20 Å². The molecule has 1 aromatic heterocycles. The van der Waals surface area contributed by atoms with Gasteiger partial charge in [-0.1, -0.05) is 0 Å². The van der Waals surface area contributed by atoms with E-state index in [0.29, 0.717) is 0 Å². The Labute approximate surface area is 56.1 Å². The Hall–Kier alpha value is -1.65. The van der Waals surface area contributed by atoms with Crippen molar-refractivity contribution in [2.24, 2.45) is 0 Å². The minimum absolute atomic E-state index is 0.0393. The fraction of sp³-hybridized carbons (Fsp3) is 0. The third-order valence-electron chi connectivity index (χ3n) is 1.10. The van der Waals surface area contributed by atoms with Gasteiger partial charge in [0.2, 0.25) is 0 Å². The van der Waals surface area contributed by atoms with Crippen molar-refractivity contribution in [3.63, 3.8) is 0 Å². The van der Waals surface area contributed by atoms with Gasteiger partial charge in [0.25, 0.3) is 0 Å². The summed E-state index contributed by atoms with van der Waals surface area (Å²) in [6, 6.07) is 0. The summed E-state index contributed by atoms with van der Waals surface area (Å²) in [5, 5.41) is 17.2. The second-order valence-corrected chi connectivity index (χ2v) is 1.77. The summed E-state index contributed by atoms with van der Waals surface area (Å²) in [6.07, 6.45) is 1.22. The van der Waals surface area contributed by atoms with E-state index in [1.807, 2.05) is 0 Å². The molecule has 0 aromatic carbocycles. The van der Waals surface area contributed by atoms with E-state index in [1.54, 1.807) is 0 Å². The van der Waals surface area contributed by atoms with Crippen LogP contribution in [0.2, 0.25) is 0 Å². The van der Waals surface area contributed by atoms with Gasteiger partial charge in [-0.2, -0.15) is 0 Å². The molecule has 0 spiro atoms. The lowest BCUT2D eigenvalue weighted by Gasteiger charge is -1.89. The molecule has 0 fully saturated rings. The number of nitrogens with two attached hydrogens (primary N) is 1. The van der Waals surface area contributed by atoms with Gasteiger partial charge in [-0.25, -0.2) is 4.79 Å². The Morgan fingerprint density at radius 3 is 2.50 bits per heavy atom. The van der Waals surface area contributed by atoms with Gasteiger partial charge >= 0.3 is 5.97 Å². The maximum Gasteiger partial charge on any atom is 0.356 e. The first-order valence-electron chi connectivity index (χ1n) is 2.52. The minimum atomic E-state index is -1.23. The molecule has 0 radical (unpaired) electrons. The summed E-state index contributed by atoms with van der Waals surface area (Å²) < 4.78 is 0. The summed E-state index contributed by atoms with van der Waals surface area (Å²) in [7, 11) is 0. The van der Waals surface area contributed by atoms with Crippen LogP contribution in [0.1, 0.15) is 10.5 Å². The predicted molar refractivity (Wildman–Crippen MR) is 33.8 cm³/mol. The number of carbonyl (C=O) groups is 1. The molecule has 1 aromatic rings. The first-order chi connectivity index (χ1) is 4.63. The number of carboxylic acids is 1. The highest BCUT2D eigenvalue weighted by Gasteiger charge is 2.12. The molecule has 0 aliphatic heterocycles. The van der Waals surface area contributed by atoms with Crippen LogP contribution in [0.15, 0.2) is 6.20 Å². The average molecular weight is 142 g/mol. The van der Waals surface area contributed by atoms with E-state index in [4.69, 9.17) is 15.9 Å². The Balaban J connectivity index is 3.17. The van der Waals surface area contributed by atoms with Crippen LogP contribution in [-0.2, 0) is 0 Å². The van der Waals surface area contributed by atoms with Crippen molar-refractivity contribution in [3.05, 3.63) is 11.9 Å². The number of hydrogen-bond acceptors (Lipinski definition) is 3. The third-order valence-corrected chi connectivity index (χ3v) is 1.10. The van der Waals surface area contributed by atoms with E-state index >= 15 is 0 Å². The van der Waals surface area contributed by atoms with Crippen molar-refractivity contribution in [1.29, 1.82) is 0 Å². The highest BCUT2D eigenvalue weighted by molar-refractivity contribution is 5.91. The lowest BCUT2D eigenvalue weighted by atomic mass is 10.4. The largest absolute Gasteiger partial charge is 0.504 e. The fourth-order valence-electron chi connectivity index (χ4n) is 0.594. The van der Waals surface area contributed by atoms with Gasteiger partial charge in [-0.3, -0.25) is 0 Å². The number of aromatic carboxylic acids is 1. The number of aromatic nitrogens is 1.